The summed E-state index contributed by atoms with van der Waals surface area (Å²) in [7, 11) is 1.71. The first-order valence-electron chi connectivity index (χ1n) is 5.81. The van der Waals surface area contributed by atoms with Crippen molar-refractivity contribution in [2.75, 3.05) is 46.7 Å². The summed E-state index contributed by atoms with van der Waals surface area (Å²) in [5.74, 6) is 0. The second-order valence-corrected chi connectivity index (χ2v) is 3.83. The fourth-order valence-corrected chi connectivity index (χ4v) is 1.65. The standard InChI is InChI=1S/C11H23NO3/c1-13-6-3-7-14-8-9-15-10-11-4-2-5-12-11/h11-12H,2-10H2,1H3/t11-/m1/s1. The van der Waals surface area contributed by atoms with Gasteiger partial charge in [-0.1, -0.05) is 0 Å². The van der Waals surface area contributed by atoms with Gasteiger partial charge in [0.1, 0.15) is 0 Å². The molecule has 1 aliphatic rings. The zero-order valence-corrected chi connectivity index (χ0v) is 9.67. The molecule has 0 spiro atoms. The average Bonchev–Trinajstić information content (AvgIpc) is 2.75. The van der Waals surface area contributed by atoms with E-state index in [9.17, 15) is 0 Å². The van der Waals surface area contributed by atoms with Crippen LogP contribution in [0.4, 0.5) is 0 Å². The zero-order valence-electron chi connectivity index (χ0n) is 9.67. The smallest absolute Gasteiger partial charge is 0.0701 e. The Hall–Kier alpha value is -0.160. The number of nitrogens with one attached hydrogen (secondary N) is 1. The highest BCUT2D eigenvalue weighted by Crippen LogP contribution is 2.04. The minimum Gasteiger partial charge on any atom is -0.385 e. The molecule has 4 nitrogen and oxygen atoms in total. The van der Waals surface area contributed by atoms with Crippen LogP contribution in [0.15, 0.2) is 0 Å². The number of rotatable bonds is 9. The summed E-state index contributed by atoms with van der Waals surface area (Å²) in [6.45, 7) is 4.89. The molecule has 0 saturated carbocycles. The second kappa shape index (κ2) is 9.09. The molecule has 0 radical (unpaired) electrons. The Morgan fingerprint density at radius 2 is 2.00 bits per heavy atom. The normalized spacial score (nSPS) is 21.0. The van der Waals surface area contributed by atoms with Crippen molar-refractivity contribution in [1.29, 1.82) is 0 Å². The Bertz CT molecular complexity index is 138. The van der Waals surface area contributed by atoms with Gasteiger partial charge in [0.2, 0.25) is 0 Å². The molecule has 0 bridgehead atoms. The Labute approximate surface area is 92.3 Å². The van der Waals surface area contributed by atoms with E-state index in [0.717, 1.165) is 32.8 Å². The molecule has 1 aliphatic heterocycles. The van der Waals surface area contributed by atoms with Gasteiger partial charge in [-0.3, -0.25) is 0 Å². The fourth-order valence-electron chi connectivity index (χ4n) is 1.65. The van der Waals surface area contributed by atoms with Crippen LogP contribution in [0, 0.1) is 0 Å². The number of ether oxygens (including phenoxy) is 3. The highest BCUT2D eigenvalue weighted by atomic mass is 16.5. The van der Waals surface area contributed by atoms with Crippen LogP contribution in [-0.2, 0) is 14.2 Å². The third kappa shape index (κ3) is 6.84. The van der Waals surface area contributed by atoms with E-state index in [4.69, 9.17) is 14.2 Å². The highest BCUT2D eigenvalue weighted by molar-refractivity contribution is 4.73. The van der Waals surface area contributed by atoms with Crippen molar-refractivity contribution >= 4 is 0 Å². The molecule has 1 N–H and O–H groups in total. The van der Waals surface area contributed by atoms with Crippen LogP contribution >= 0.6 is 0 Å². The minimum absolute atomic E-state index is 0.568. The molecule has 1 heterocycles. The van der Waals surface area contributed by atoms with Crippen molar-refractivity contribution in [3.63, 3.8) is 0 Å². The Balaban J connectivity index is 1.73. The second-order valence-electron chi connectivity index (χ2n) is 3.83. The molecule has 0 aromatic heterocycles. The molecular formula is C11H23NO3. The summed E-state index contributed by atoms with van der Waals surface area (Å²) < 4.78 is 15.8. The minimum atomic E-state index is 0.568. The van der Waals surface area contributed by atoms with Crippen molar-refractivity contribution in [3.8, 4) is 0 Å². The molecule has 1 fully saturated rings. The van der Waals surface area contributed by atoms with Gasteiger partial charge >= 0.3 is 0 Å². The first-order chi connectivity index (χ1) is 7.43. The van der Waals surface area contributed by atoms with Gasteiger partial charge in [-0.2, -0.15) is 0 Å². The molecule has 4 heteroatoms. The van der Waals surface area contributed by atoms with Crippen molar-refractivity contribution in [3.05, 3.63) is 0 Å². The first-order valence-corrected chi connectivity index (χ1v) is 5.81. The van der Waals surface area contributed by atoms with E-state index in [2.05, 4.69) is 5.32 Å². The van der Waals surface area contributed by atoms with Crippen molar-refractivity contribution in [2.45, 2.75) is 25.3 Å². The van der Waals surface area contributed by atoms with E-state index < -0.39 is 0 Å². The lowest BCUT2D eigenvalue weighted by molar-refractivity contribution is 0.0341. The van der Waals surface area contributed by atoms with Gasteiger partial charge in [0.15, 0.2) is 0 Å². The monoisotopic (exact) mass is 217 g/mol. The van der Waals surface area contributed by atoms with Crippen LogP contribution in [0.3, 0.4) is 0 Å². The molecule has 1 rings (SSSR count). The molecule has 0 aromatic rings. The fraction of sp³-hybridized carbons (Fsp3) is 1.00. The molecule has 0 unspecified atom stereocenters. The molecular weight excluding hydrogens is 194 g/mol. The SMILES string of the molecule is COCCCOCCOC[C@H]1CCCN1. The average molecular weight is 217 g/mol. The van der Waals surface area contributed by atoms with E-state index in [1.807, 2.05) is 0 Å². The van der Waals surface area contributed by atoms with Crippen LogP contribution < -0.4 is 5.32 Å². The lowest BCUT2D eigenvalue weighted by Gasteiger charge is -2.10. The van der Waals surface area contributed by atoms with E-state index in [0.29, 0.717) is 19.3 Å². The maximum Gasteiger partial charge on any atom is 0.0701 e. The molecule has 90 valence electrons. The maximum atomic E-state index is 5.51. The Morgan fingerprint density at radius 3 is 2.73 bits per heavy atom. The van der Waals surface area contributed by atoms with Gasteiger partial charge in [0.05, 0.1) is 19.8 Å². The molecule has 0 aromatic carbocycles. The van der Waals surface area contributed by atoms with Crippen molar-refractivity contribution < 1.29 is 14.2 Å². The molecule has 15 heavy (non-hydrogen) atoms. The lowest BCUT2D eigenvalue weighted by atomic mass is 10.2. The quantitative estimate of drug-likeness (QED) is 0.580. The van der Waals surface area contributed by atoms with Gasteiger partial charge < -0.3 is 19.5 Å². The van der Waals surface area contributed by atoms with E-state index in [1.165, 1.54) is 12.8 Å². The van der Waals surface area contributed by atoms with Crippen LogP contribution in [-0.4, -0.2) is 52.7 Å². The van der Waals surface area contributed by atoms with Crippen LogP contribution in [0.25, 0.3) is 0 Å². The van der Waals surface area contributed by atoms with Crippen LogP contribution in [0.5, 0.6) is 0 Å². The zero-order chi connectivity index (χ0) is 10.8. The van der Waals surface area contributed by atoms with E-state index >= 15 is 0 Å². The van der Waals surface area contributed by atoms with Crippen LogP contribution in [0.1, 0.15) is 19.3 Å². The van der Waals surface area contributed by atoms with Crippen LogP contribution in [0.2, 0.25) is 0 Å². The van der Waals surface area contributed by atoms with Crippen molar-refractivity contribution in [2.24, 2.45) is 0 Å². The van der Waals surface area contributed by atoms with Gasteiger partial charge in [-0.05, 0) is 25.8 Å². The first kappa shape index (κ1) is 12.9. The summed E-state index contributed by atoms with van der Waals surface area (Å²) >= 11 is 0. The van der Waals surface area contributed by atoms with Gasteiger partial charge in [-0.15, -0.1) is 0 Å². The molecule has 1 saturated heterocycles. The Kier molecular flexibility index (Phi) is 7.83. The van der Waals surface area contributed by atoms with E-state index in [-0.39, 0.29) is 0 Å². The largest absolute Gasteiger partial charge is 0.385 e. The predicted molar refractivity (Wildman–Crippen MR) is 59.2 cm³/mol. The Morgan fingerprint density at radius 1 is 1.13 bits per heavy atom. The van der Waals surface area contributed by atoms with Gasteiger partial charge in [-0.25, -0.2) is 0 Å². The summed E-state index contributed by atoms with van der Waals surface area (Å²) in [5, 5.41) is 3.39. The predicted octanol–water partition coefficient (Wildman–Crippen LogP) is 0.808. The summed E-state index contributed by atoms with van der Waals surface area (Å²) in [5.41, 5.74) is 0. The third-order valence-corrected chi connectivity index (χ3v) is 2.49. The number of methoxy groups -OCH3 is 1. The summed E-state index contributed by atoms with van der Waals surface area (Å²) in [6.07, 6.45) is 3.48. The summed E-state index contributed by atoms with van der Waals surface area (Å²) in [4.78, 5) is 0. The molecule has 0 amide bonds. The molecule has 0 aliphatic carbocycles. The van der Waals surface area contributed by atoms with Gasteiger partial charge in [0.25, 0.3) is 0 Å². The number of hydrogen-bond donors (Lipinski definition) is 1. The lowest BCUT2D eigenvalue weighted by Crippen LogP contribution is -2.27. The van der Waals surface area contributed by atoms with E-state index in [1.54, 1.807) is 7.11 Å². The van der Waals surface area contributed by atoms with Gasteiger partial charge in [0, 0.05) is 26.4 Å². The van der Waals surface area contributed by atoms with Crippen molar-refractivity contribution in [1.82, 2.24) is 5.32 Å². The maximum absolute atomic E-state index is 5.51. The molecule has 1 atom stereocenters. The summed E-state index contributed by atoms with van der Waals surface area (Å²) in [6, 6.07) is 0.568. The number of hydrogen-bond acceptors (Lipinski definition) is 4. The highest BCUT2D eigenvalue weighted by Gasteiger charge is 2.13. The third-order valence-electron chi connectivity index (χ3n) is 2.49. The topological polar surface area (TPSA) is 39.7 Å².